The fourth-order valence-electron chi connectivity index (χ4n) is 2.54. The molecule has 0 unspecified atom stereocenters. The van der Waals surface area contributed by atoms with E-state index in [4.69, 9.17) is 17.3 Å². The topological polar surface area (TPSA) is 69.6 Å². The number of fused-ring (bicyclic) bond motifs is 1. The normalized spacial score (nSPS) is 13.8. The van der Waals surface area contributed by atoms with Gasteiger partial charge >= 0.3 is 24.5 Å². The van der Waals surface area contributed by atoms with Gasteiger partial charge in [-0.2, -0.15) is 53.0 Å². The molecule has 17 heteroatoms. The largest absolute Gasteiger partial charge is 0.459 e. The van der Waals surface area contributed by atoms with E-state index < -0.39 is 75.0 Å². The van der Waals surface area contributed by atoms with Gasteiger partial charge in [0.25, 0.3) is 0 Å². The third-order valence-corrected chi connectivity index (χ3v) is 4.29. The first kappa shape index (κ1) is 23.7. The van der Waals surface area contributed by atoms with Crippen LogP contribution in [0.4, 0.5) is 54.1 Å². The second-order valence-corrected chi connectivity index (χ2v) is 6.56. The number of pyridine rings is 2. The molecule has 0 radical (unpaired) electrons. The Morgan fingerprint density at radius 3 is 1.94 bits per heavy atom. The highest BCUT2D eigenvalue weighted by Gasteiger charge is 2.60. The highest BCUT2D eigenvalue weighted by Crippen LogP contribution is 2.46. The molecule has 0 atom stereocenters. The lowest BCUT2D eigenvalue weighted by molar-refractivity contribution is -0.291. The molecule has 0 aromatic carbocycles. The van der Waals surface area contributed by atoms with Crippen LogP contribution in [0, 0.1) is 0 Å². The number of rotatable bonds is 2. The zero-order valence-corrected chi connectivity index (χ0v) is 15.4. The van der Waals surface area contributed by atoms with Crippen LogP contribution in [0.5, 0.6) is 0 Å². The van der Waals surface area contributed by atoms with Crippen molar-refractivity contribution in [3.05, 3.63) is 40.2 Å². The molecule has 0 fully saturated rings. The zero-order valence-electron chi connectivity index (χ0n) is 14.6. The highest BCUT2D eigenvalue weighted by atomic mass is 35.5. The van der Waals surface area contributed by atoms with E-state index in [2.05, 4.69) is 15.1 Å². The molecule has 3 aromatic heterocycles. The number of nitrogen functional groups attached to an aromatic ring is 1. The molecule has 0 saturated carbocycles. The predicted molar refractivity (Wildman–Crippen MR) is 86.0 cm³/mol. The number of alkyl halides is 11. The van der Waals surface area contributed by atoms with Gasteiger partial charge in [-0.05, 0) is 12.1 Å². The average Bonchev–Trinajstić information content (AvgIpc) is 2.95. The molecule has 0 spiro atoms. The predicted octanol–water partition coefficient (Wildman–Crippen LogP) is 5.74. The first-order chi connectivity index (χ1) is 14.4. The number of nitrogens with zero attached hydrogens (tertiary/aromatic N) is 4. The Balaban J connectivity index is 2.33. The SMILES string of the molecule is Nc1c2c(C(F)(F)F)cc(C(F)(F)C(F)(F)F)nc2nn1-c1ncc(C(F)(F)F)cc1Cl. The summed E-state index contributed by atoms with van der Waals surface area (Å²) in [6, 6.07) is -0.211. The van der Waals surface area contributed by atoms with Crippen molar-refractivity contribution in [2.24, 2.45) is 0 Å². The van der Waals surface area contributed by atoms with Gasteiger partial charge in [0.2, 0.25) is 0 Å². The molecule has 3 aromatic rings. The van der Waals surface area contributed by atoms with Gasteiger partial charge in [0.1, 0.15) is 11.5 Å². The van der Waals surface area contributed by atoms with Crippen LogP contribution >= 0.6 is 11.6 Å². The summed E-state index contributed by atoms with van der Waals surface area (Å²) in [5.41, 5.74) is -1.46. The molecule has 0 aliphatic rings. The van der Waals surface area contributed by atoms with Gasteiger partial charge in [-0.1, -0.05) is 11.6 Å². The maximum absolute atomic E-state index is 13.6. The number of halogens is 12. The van der Waals surface area contributed by atoms with Gasteiger partial charge in [0.15, 0.2) is 11.5 Å². The van der Waals surface area contributed by atoms with Crippen LogP contribution in [-0.4, -0.2) is 25.9 Å². The molecule has 174 valence electrons. The Labute approximate surface area is 173 Å². The molecule has 3 heterocycles. The highest BCUT2D eigenvalue weighted by molar-refractivity contribution is 6.32. The minimum absolute atomic E-state index is 0.230. The summed E-state index contributed by atoms with van der Waals surface area (Å²) in [7, 11) is 0. The lowest BCUT2D eigenvalue weighted by atomic mass is 10.1. The van der Waals surface area contributed by atoms with Gasteiger partial charge in [-0.15, -0.1) is 5.10 Å². The molecule has 0 aliphatic carbocycles. The first-order valence-electron chi connectivity index (χ1n) is 7.80. The minimum atomic E-state index is -6.29. The fourth-order valence-corrected chi connectivity index (χ4v) is 2.79. The third kappa shape index (κ3) is 3.86. The van der Waals surface area contributed by atoms with Crippen molar-refractivity contribution in [2.45, 2.75) is 24.5 Å². The Morgan fingerprint density at radius 2 is 1.47 bits per heavy atom. The second kappa shape index (κ2) is 7.05. The van der Waals surface area contributed by atoms with Crippen LogP contribution in [0.15, 0.2) is 18.3 Å². The minimum Gasteiger partial charge on any atom is -0.383 e. The van der Waals surface area contributed by atoms with Crippen molar-refractivity contribution >= 4 is 28.5 Å². The van der Waals surface area contributed by atoms with Gasteiger partial charge in [-0.25, -0.2) is 9.97 Å². The van der Waals surface area contributed by atoms with E-state index >= 15 is 0 Å². The Morgan fingerprint density at radius 1 is 0.875 bits per heavy atom. The van der Waals surface area contributed by atoms with Gasteiger partial charge < -0.3 is 5.73 Å². The summed E-state index contributed by atoms with van der Waals surface area (Å²) < 4.78 is 144. The van der Waals surface area contributed by atoms with Gasteiger partial charge in [0, 0.05) is 6.20 Å². The second-order valence-electron chi connectivity index (χ2n) is 6.15. The van der Waals surface area contributed by atoms with E-state index in [-0.39, 0.29) is 10.9 Å². The van der Waals surface area contributed by atoms with Crippen molar-refractivity contribution in [3.8, 4) is 5.82 Å². The lowest BCUT2D eigenvalue weighted by Gasteiger charge is -2.20. The van der Waals surface area contributed by atoms with Crippen molar-refractivity contribution < 1.29 is 48.3 Å². The molecular weight excluding hydrogens is 495 g/mol. The van der Waals surface area contributed by atoms with Crippen molar-refractivity contribution in [1.82, 2.24) is 19.7 Å². The Hall–Kier alpha value is -2.91. The van der Waals surface area contributed by atoms with Gasteiger partial charge in [-0.3, -0.25) is 0 Å². The van der Waals surface area contributed by atoms with Crippen molar-refractivity contribution in [1.29, 1.82) is 0 Å². The van der Waals surface area contributed by atoms with E-state index in [0.717, 1.165) is 0 Å². The maximum atomic E-state index is 13.6. The summed E-state index contributed by atoms with van der Waals surface area (Å²) >= 11 is 5.67. The summed E-state index contributed by atoms with van der Waals surface area (Å²) in [6.07, 6.45) is -16.4. The van der Waals surface area contributed by atoms with Crippen LogP contribution in [0.1, 0.15) is 16.8 Å². The smallest absolute Gasteiger partial charge is 0.383 e. The summed E-state index contributed by atoms with van der Waals surface area (Å²) in [4.78, 5) is 6.15. The van der Waals surface area contributed by atoms with E-state index in [9.17, 15) is 48.3 Å². The van der Waals surface area contributed by atoms with Crippen molar-refractivity contribution in [2.75, 3.05) is 5.73 Å². The maximum Gasteiger partial charge on any atom is 0.459 e. The monoisotopic (exact) mass is 499 g/mol. The molecule has 0 saturated heterocycles. The molecule has 5 nitrogen and oxygen atoms in total. The van der Waals surface area contributed by atoms with Crippen LogP contribution in [0.3, 0.4) is 0 Å². The number of hydrogen-bond acceptors (Lipinski definition) is 4. The number of anilines is 1. The van der Waals surface area contributed by atoms with E-state index in [1.165, 1.54) is 0 Å². The Bertz CT molecular complexity index is 1190. The zero-order chi connectivity index (χ0) is 24.4. The van der Waals surface area contributed by atoms with Crippen LogP contribution in [0.2, 0.25) is 5.02 Å². The Kier molecular flexibility index (Phi) is 5.23. The molecule has 0 bridgehead atoms. The number of hydrogen-bond donors (Lipinski definition) is 1. The first-order valence-corrected chi connectivity index (χ1v) is 8.18. The standard InChI is InChI=1S/C15H5ClF11N5/c16-6-1-4(13(19,20)21)3-29-11(6)32-9(28)8-5(14(22,23)24)2-7(30-10(8)31-32)12(17,18)15(25,26)27/h1-3H,28H2. The van der Waals surface area contributed by atoms with Crippen LogP contribution in [0.25, 0.3) is 16.9 Å². The number of aromatic nitrogens is 4. The molecular formula is C15H5ClF11N5. The number of nitrogens with two attached hydrogens (primary N) is 1. The van der Waals surface area contributed by atoms with E-state index in [1.54, 1.807) is 0 Å². The lowest BCUT2D eigenvalue weighted by Crippen LogP contribution is -2.35. The molecule has 3 rings (SSSR count). The van der Waals surface area contributed by atoms with Crippen LogP contribution in [-0.2, 0) is 18.3 Å². The summed E-state index contributed by atoms with van der Waals surface area (Å²) in [6.45, 7) is 0. The van der Waals surface area contributed by atoms with Crippen molar-refractivity contribution in [3.63, 3.8) is 0 Å². The third-order valence-electron chi connectivity index (χ3n) is 4.01. The van der Waals surface area contributed by atoms with E-state index in [1.807, 2.05) is 0 Å². The van der Waals surface area contributed by atoms with Crippen LogP contribution < -0.4 is 5.73 Å². The molecule has 32 heavy (non-hydrogen) atoms. The fraction of sp³-hybridized carbons (Fsp3) is 0.267. The van der Waals surface area contributed by atoms with E-state index in [0.29, 0.717) is 6.07 Å². The molecule has 0 aliphatic heterocycles. The summed E-state index contributed by atoms with van der Waals surface area (Å²) in [5.74, 6) is -7.56. The molecule has 2 N–H and O–H groups in total. The quantitative estimate of drug-likeness (QED) is 0.456. The summed E-state index contributed by atoms with van der Waals surface area (Å²) in [5, 5.41) is 1.32. The average molecular weight is 500 g/mol. The molecule has 0 amide bonds. The van der Waals surface area contributed by atoms with Gasteiger partial charge in [0.05, 0.1) is 21.5 Å².